The van der Waals surface area contributed by atoms with Crippen LogP contribution in [0.3, 0.4) is 0 Å². The predicted octanol–water partition coefficient (Wildman–Crippen LogP) is 4.70. The average molecular weight is 605 g/mol. The Hall–Kier alpha value is -3.11. The normalized spacial score (nSPS) is 13.2. The van der Waals surface area contributed by atoms with Crippen molar-refractivity contribution in [2.24, 2.45) is 5.92 Å². The Bertz CT molecular complexity index is 1160. The third kappa shape index (κ3) is 11.7. The van der Waals surface area contributed by atoms with Gasteiger partial charge in [0.2, 0.25) is 5.91 Å². The second-order valence-corrected chi connectivity index (χ2v) is 11.9. The number of nitrogens with one attached hydrogen (secondary N) is 1. The van der Waals surface area contributed by atoms with Crippen LogP contribution in [0.1, 0.15) is 93.4 Å². The van der Waals surface area contributed by atoms with Crippen molar-refractivity contribution in [1.29, 1.82) is 0 Å². The first-order valence-electron chi connectivity index (χ1n) is 13.6. The molecule has 0 aliphatic heterocycles. The number of carbonyl (C=O) groups is 3. The SMILES string of the molecule is C#CCCCON(C(=O)CCCC)C(CC(OC(C)=O)c1nc(C(=O)N[S+]([O-])Cc2ccc(N)cc2)cs1)C(C)C. The Morgan fingerprint density at radius 3 is 2.56 bits per heavy atom. The van der Waals surface area contributed by atoms with E-state index in [9.17, 15) is 18.9 Å². The molecule has 1 heterocycles. The smallest absolute Gasteiger partial charge is 0.311 e. The first kappa shape index (κ1) is 34.1. The molecule has 0 saturated carbocycles. The first-order chi connectivity index (χ1) is 19.5. The highest BCUT2D eigenvalue weighted by molar-refractivity contribution is 7.89. The molecule has 3 atom stereocenters. The fourth-order valence-corrected chi connectivity index (χ4v) is 5.60. The molecule has 1 aromatic carbocycles. The van der Waals surface area contributed by atoms with Gasteiger partial charge in [0.1, 0.15) is 10.7 Å². The number of rotatable bonds is 17. The van der Waals surface area contributed by atoms with Crippen LogP contribution in [0.5, 0.6) is 0 Å². The molecule has 3 N–H and O–H groups in total. The molecule has 0 aliphatic carbocycles. The minimum absolute atomic E-state index is 0.0512. The lowest BCUT2D eigenvalue weighted by Crippen LogP contribution is -2.44. The molecule has 0 saturated heterocycles. The van der Waals surface area contributed by atoms with Crippen LogP contribution in [0.4, 0.5) is 5.69 Å². The standard InChI is InChI=1S/C29H40N4O6S2/c1-6-8-10-16-38-33(27(35)11-9-7-2)25(20(3)4)17-26(39-21(5)34)29-31-24(18-40-29)28(36)32-41(37)19-22-12-14-23(30)15-13-22/h1,12-15,18,20,25-26H,7-11,16-17,19,30H2,2-5H3,(H,32,36). The summed E-state index contributed by atoms with van der Waals surface area (Å²) in [4.78, 5) is 48.3. The first-order valence-corrected chi connectivity index (χ1v) is 15.8. The van der Waals surface area contributed by atoms with Crippen molar-refractivity contribution in [3.8, 4) is 12.3 Å². The van der Waals surface area contributed by atoms with E-state index < -0.39 is 35.4 Å². The van der Waals surface area contributed by atoms with E-state index in [2.05, 4.69) is 15.6 Å². The molecule has 2 aromatic rings. The molecular weight excluding hydrogens is 564 g/mol. The Balaban J connectivity index is 2.20. The molecule has 1 aromatic heterocycles. The van der Waals surface area contributed by atoms with Crippen molar-refractivity contribution < 1.29 is 28.5 Å². The average Bonchev–Trinajstić information content (AvgIpc) is 3.42. The lowest BCUT2D eigenvalue weighted by Gasteiger charge is -2.35. The number of aromatic nitrogens is 1. The number of nitrogen functional groups attached to an aromatic ring is 1. The van der Waals surface area contributed by atoms with Gasteiger partial charge in [-0.05, 0) is 30.9 Å². The highest BCUT2D eigenvalue weighted by atomic mass is 32.2. The second-order valence-electron chi connectivity index (χ2n) is 9.84. The van der Waals surface area contributed by atoms with Gasteiger partial charge in [0.05, 0.1) is 24.0 Å². The van der Waals surface area contributed by atoms with Crippen molar-refractivity contribution in [2.75, 3.05) is 12.3 Å². The molecule has 0 spiro atoms. The number of carbonyl (C=O) groups excluding carboxylic acids is 3. The minimum atomic E-state index is -1.69. The summed E-state index contributed by atoms with van der Waals surface area (Å²) in [5.41, 5.74) is 7.08. The summed E-state index contributed by atoms with van der Waals surface area (Å²) < 4.78 is 20.6. The van der Waals surface area contributed by atoms with Gasteiger partial charge in [-0.15, -0.1) is 23.7 Å². The summed E-state index contributed by atoms with van der Waals surface area (Å²) in [5.74, 6) is 1.33. The number of unbranched alkanes of at least 4 members (excludes halogenated alkanes) is 2. The van der Waals surface area contributed by atoms with Crippen LogP contribution in [0, 0.1) is 18.3 Å². The maximum atomic E-state index is 13.1. The second kappa shape index (κ2) is 17.6. The van der Waals surface area contributed by atoms with Crippen LogP contribution in [-0.4, -0.2) is 45.0 Å². The molecule has 12 heteroatoms. The lowest BCUT2D eigenvalue weighted by atomic mass is 9.97. The van der Waals surface area contributed by atoms with Gasteiger partial charge in [-0.2, -0.15) is 4.72 Å². The summed E-state index contributed by atoms with van der Waals surface area (Å²) in [7, 11) is 0. The Labute approximate surface area is 249 Å². The van der Waals surface area contributed by atoms with E-state index in [1.807, 2.05) is 20.8 Å². The van der Waals surface area contributed by atoms with Gasteiger partial charge in [-0.1, -0.05) is 39.3 Å². The number of thiazole rings is 1. The number of ether oxygens (including phenoxy) is 1. The van der Waals surface area contributed by atoms with E-state index in [1.165, 1.54) is 17.4 Å². The number of nitrogens with zero attached hydrogens (tertiary/aromatic N) is 2. The number of hydrogen-bond donors (Lipinski definition) is 2. The number of amides is 2. The van der Waals surface area contributed by atoms with Crippen molar-refractivity contribution in [2.45, 2.75) is 84.1 Å². The maximum absolute atomic E-state index is 13.1. The zero-order valence-corrected chi connectivity index (χ0v) is 25.7. The van der Waals surface area contributed by atoms with E-state index in [1.54, 1.807) is 24.3 Å². The maximum Gasteiger partial charge on any atom is 0.311 e. The third-order valence-corrected chi connectivity index (χ3v) is 7.98. The highest BCUT2D eigenvalue weighted by Crippen LogP contribution is 2.31. The van der Waals surface area contributed by atoms with Crippen molar-refractivity contribution in [1.82, 2.24) is 14.8 Å². The number of nitrogens with two attached hydrogens (primary N) is 1. The predicted molar refractivity (Wildman–Crippen MR) is 160 cm³/mol. The number of benzene rings is 1. The summed E-state index contributed by atoms with van der Waals surface area (Å²) >= 11 is -0.543. The van der Waals surface area contributed by atoms with Gasteiger partial charge >= 0.3 is 11.9 Å². The number of hydroxylamine groups is 2. The Morgan fingerprint density at radius 1 is 1.24 bits per heavy atom. The fraction of sp³-hybridized carbons (Fsp3) is 0.517. The summed E-state index contributed by atoms with van der Waals surface area (Å²) in [6.45, 7) is 7.48. The molecule has 0 radical (unpaired) electrons. The van der Waals surface area contributed by atoms with Crippen LogP contribution in [0.15, 0.2) is 29.6 Å². The van der Waals surface area contributed by atoms with Gasteiger partial charge in [-0.3, -0.25) is 19.2 Å². The van der Waals surface area contributed by atoms with Gasteiger partial charge in [0, 0.05) is 42.8 Å². The highest BCUT2D eigenvalue weighted by Gasteiger charge is 2.33. The largest absolute Gasteiger partial charge is 0.593 e. The Morgan fingerprint density at radius 2 is 1.95 bits per heavy atom. The number of esters is 1. The number of anilines is 1. The molecule has 2 amide bonds. The monoisotopic (exact) mass is 604 g/mol. The minimum Gasteiger partial charge on any atom is -0.593 e. The van der Waals surface area contributed by atoms with Crippen LogP contribution in [0.2, 0.25) is 0 Å². The molecule has 3 unspecified atom stereocenters. The van der Waals surface area contributed by atoms with Crippen LogP contribution in [0.25, 0.3) is 0 Å². The Kier molecular flexibility index (Phi) is 14.7. The zero-order valence-electron chi connectivity index (χ0n) is 24.1. The molecule has 10 nitrogen and oxygen atoms in total. The lowest BCUT2D eigenvalue weighted by molar-refractivity contribution is -0.210. The molecule has 2 rings (SSSR count). The van der Waals surface area contributed by atoms with Crippen molar-refractivity contribution >= 4 is 46.2 Å². The molecular formula is C29H40N4O6S2. The summed E-state index contributed by atoms with van der Waals surface area (Å²) in [5, 5.41) is 3.30. The van der Waals surface area contributed by atoms with E-state index in [0.717, 1.165) is 23.3 Å². The molecule has 0 fully saturated rings. The van der Waals surface area contributed by atoms with Gasteiger partial charge in [0.25, 0.3) is 0 Å². The van der Waals surface area contributed by atoms with E-state index in [0.29, 0.717) is 36.4 Å². The summed E-state index contributed by atoms with van der Waals surface area (Å²) in [6, 6.07) is 6.43. The van der Waals surface area contributed by atoms with Crippen LogP contribution < -0.4 is 10.5 Å². The number of hydrogen-bond acceptors (Lipinski definition) is 9. The van der Waals surface area contributed by atoms with Crippen molar-refractivity contribution in [3.63, 3.8) is 0 Å². The van der Waals surface area contributed by atoms with Gasteiger partial charge in [0.15, 0.2) is 11.9 Å². The van der Waals surface area contributed by atoms with Gasteiger partial charge in [-0.25, -0.2) is 10.0 Å². The quantitative estimate of drug-likeness (QED) is 0.0660. The van der Waals surface area contributed by atoms with Gasteiger partial charge < -0.3 is 15.0 Å². The van der Waals surface area contributed by atoms with Crippen LogP contribution >= 0.6 is 11.3 Å². The molecule has 224 valence electrons. The summed E-state index contributed by atoms with van der Waals surface area (Å²) in [6.07, 6.45) is 7.74. The van der Waals surface area contributed by atoms with Crippen LogP contribution in [-0.2, 0) is 36.3 Å². The van der Waals surface area contributed by atoms with E-state index in [4.69, 9.17) is 21.7 Å². The topological polar surface area (TPSA) is 147 Å². The molecule has 0 aliphatic rings. The third-order valence-electron chi connectivity index (χ3n) is 6.03. The number of terminal acetylenes is 1. The van der Waals surface area contributed by atoms with E-state index >= 15 is 0 Å². The van der Waals surface area contributed by atoms with E-state index in [-0.39, 0.29) is 36.3 Å². The zero-order chi connectivity index (χ0) is 30.4. The molecule has 41 heavy (non-hydrogen) atoms. The fourth-order valence-electron chi connectivity index (χ4n) is 3.88. The van der Waals surface area contributed by atoms with Crippen molar-refractivity contribution in [3.05, 3.63) is 45.9 Å². The molecule has 0 bridgehead atoms.